The Morgan fingerprint density at radius 2 is 1.79 bits per heavy atom. The lowest BCUT2D eigenvalue weighted by molar-refractivity contribution is -0.143. The first-order valence-corrected chi connectivity index (χ1v) is 8.51. The molecule has 1 atom stereocenters. The second-order valence-corrected chi connectivity index (χ2v) is 6.64. The summed E-state index contributed by atoms with van der Waals surface area (Å²) < 4.78 is 0. The number of aromatic nitrogens is 1. The summed E-state index contributed by atoms with van der Waals surface area (Å²) in [6.07, 6.45) is 5.17. The number of rotatable bonds is 4. The van der Waals surface area contributed by atoms with Crippen molar-refractivity contribution in [1.82, 2.24) is 9.88 Å². The maximum absolute atomic E-state index is 11.3. The molecule has 0 amide bonds. The largest absolute Gasteiger partial charge is 0.481 e. The fraction of sp³-hybridized carbons (Fsp3) is 0.400. The van der Waals surface area contributed by atoms with Gasteiger partial charge in [-0.15, -0.1) is 0 Å². The first-order chi connectivity index (χ1) is 11.6. The van der Waals surface area contributed by atoms with Gasteiger partial charge in [-0.25, -0.2) is 0 Å². The molecule has 0 bridgehead atoms. The Morgan fingerprint density at radius 1 is 1.12 bits per heavy atom. The van der Waals surface area contributed by atoms with Crippen molar-refractivity contribution in [3.8, 4) is 0 Å². The minimum atomic E-state index is -0.665. The second kappa shape index (κ2) is 7.14. The minimum Gasteiger partial charge on any atom is -0.481 e. The van der Waals surface area contributed by atoms with Gasteiger partial charge in [-0.1, -0.05) is 24.3 Å². The van der Waals surface area contributed by atoms with E-state index in [-0.39, 0.29) is 12.0 Å². The van der Waals surface area contributed by atoms with E-state index in [1.165, 1.54) is 22.3 Å². The summed E-state index contributed by atoms with van der Waals surface area (Å²) in [6, 6.07) is 10.7. The van der Waals surface area contributed by atoms with Gasteiger partial charge in [0, 0.05) is 12.4 Å². The number of aryl methyl sites for hydroxylation is 2. The Kier molecular flexibility index (Phi) is 4.95. The molecule has 2 heterocycles. The Hall–Kier alpha value is -2.20. The predicted octanol–water partition coefficient (Wildman–Crippen LogP) is 3.58. The van der Waals surface area contributed by atoms with Crippen LogP contribution in [0.4, 0.5) is 0 Å². The van der Waals surface area contributed by atoms with Crippen LogP contribution in [0.1, 0.15) is 41.1 Å². The molecule has 1 aromatic heterocycles. The molecule has 1 fully saturated rings. The fourth-order valence-electron chi connectivity index (χ4n) is 3.65. The van der Waals surface area contributed by atoms with Crippen LogP contribution in [0.5, 0.6) is 0 Å². The topological polar surface area (TPSA) is 53.4 Å². The molecule has 0 saturated carbocycles. The molecule has 3 rings (SSSR count). The van der Waals surface area contributed by atoms with Crippen LogP contribution in [-0.4, -0.2) is 34.0 Å². The highest BCUT2D eigenvalue weighted by atomic mass is 16.4. The Labute approximate surface area is 143 Å². The van der Waals surface area contributed by atoms with Crippen LogP contribution in [0.25, 0.3) is 0 Å². The molecule has 1 aliphatic heterocycles. The number of aliphatic carboxylic acids is 1. The van der Waals surface area contributed by atoms with Gasteiger partial charge < -0.3 is 5.11 Å². The summed E-state index contributed by atoms with van der Waals surface area (Å²) in [6.45, 7) is 5.84. The van der Waals surface area contributed by atoms with Crippen LogP contribution in [-0.2, 0) is 4.79 Å². The van der Waals surface area contributed by atoms with Gasteiger partial charge in [-0.3, -0.25) is 14.7 Å². The summed E-state index contributed by atoms with van der Waals surface area (Å²) in [7, 11) is 0. The van der Waals surface area contributed by atoms with Crippen LogP contribution in [0.2, 0.25) is 0 Å². The lowest BCUT2D eigenvalue weighted by atomic mass is 9.88. The molecule has 1 aliphatic rings. The zero-order valence-corrected chi connectivity index (χ0v) is 14.3. The average Bonchev–Trinajstić information content (AvgIpc) is 2.59. The first kappa shape index (κ1) is 16.7. The number of hydrogen-bond donors (Lipinski definition) is 1. The van der Waals surface area contributed by atoms with Gasteiger partial charge in [0.05, 0.1) is 12.0 Å². The summed E-state index contributed by atoms with van der Waals surface area (Å²) in [5, 5.41) is 9.26. The molecule has 2 aromatic rings. The number of carbonyl (C=O) groups is 1. The van der Waals surface area contributed by atoms with Crippen molar-refractivity contribution in [1.29, 1.82) is 0 Å². The molecule has 1 aromatic carbocycles. The molecule has 4 nitrogen and oxygen atoms in total. The maximum atomic E-state index is 11.3. The smallest absolute Gasteiger partial charge is 0.306 e. The number of nitrogens with zero attached hydrogens (tertiary/aromatic N) is 2. The van der Waals surface area contributed by atoms with Crippen LogP contribution in [0.15, 0.2) is 42.7 Å². The van der Waals surface area contributed by atoms with E-state index in [9.17, 15) is 9.90 Å². The molecule has 0 radical (unpaired) electrons. The average molecular weight is 324 g/mol. The van der Waals surface area contributed by atoms with Crippen molar-refractivity contribution in [2.45, 2.75) is 32.7 Å². The maximum Gasteiger partial charge on any atom is 0.306 e. The van der Waals surface area contributed by atoms with Crippen molar-refractivity contribution in [2.24, 2.45) is 5.92 Å². The lowest BCUT2D eigenvalue weighted by Gasteiger charge is -2.38. The number of carboxylic acid groups (broad SMARTS) is 1. The standard InChI is InChI=1S/C20H24N2O2/c1-14-5-3-4-6-17(14)19(18-7-10-21-13-15(18)2)22-11-8-16(9-12-22)20(23)24/h3-7,10,13,16,19H,8-9,11-12H2,1-2H3,(H,23,24). The third kappa shape index (κ3) is 3.34. The summed E-state index contributed by atoms with van der Waals surface area (Å²) in [4.78, 5) is 17.9. The van der Waals surface area contributed by atoms with Crippen LogP contribution in [0.3, 0.4) is 0 Å². The molecule has 0 spiro atoms. The zero-order chi connectivity index (χ0) is 17.1. The molecule has 126 valence electrons. The second-order valence-electron chi connectivity index (χ2n) is 6.64. The van der Waals surface area contributed by atoms with Crippen molar-refractivity contribution in [3.05, 3.63) is 65.0 Å². The first-order valence-electron chi connectivity index (χ1n) is 8.51. The van der Waals surface area contributed by atoms with Gasteiger partial charge >= 0.3 is 5.97 Å². The van der Waals surface area contributed by atoms with Crippen LogP contribution in [0, 0.1) is 19.8 Å². The van der Waals surface area contributed by atoms with Crippen molar-refractivity contribution in [2.75, 3.05) is 13.1 Å². The molecular formula is C20H24N2O2. The highest BCUT2D eigenvalue weighted by Gasteiger charge is 2.31. The Bertz CT molecular complexity index is 676. The summed E-state index contributed by atoms with van der Waals surface area (Å²) in [5.41, 5.74) is 4.99. The van der Waals surface area contributed by atoms with Crippen molar-refractivity contribution < 1.29 is 9.90 Å². The highest BCUT2D eigenvalue weighted by Crippen LogP contribution is 2.35. The van der Waals surface area contributed by atoms with Crippen LogP contribution >= 0.6 is 0 Å². The normalized spacial score (nSPS) is 17.6. The van der Waals surface area contributed by atoms with E-state index in [0.29, 0.717) is 12.8 Å². The van der Waals surface area contributed by atoms with Crippen LogP contribution < -0.4 is 0 Å². The van der Waals surface area contributed by atoms with Gasteiger partial charge in [0.25, 0.3) is 0 Å². The van der Waals surface area contributed by atoms with E-state index >= 15 is 0 Å². The SMILES string of the molecule is Cc1ccccc1C(c1ccncc1C)N1CCC(C(=O)O)CC1. The van der Waals surface area contributed by atoms with Gasteiger partial charge in [0.2, 0.25) is 0 Å². The molecule has 24 heavy (non-hydrogen) atoms. The number of benzene rings is 1. The fourth-order valence-corrected chi connectivity index (χ4v) is 3.65. The number of pyridine rings is 1. The van der Waals surface area contributed by atoms with Gasteiger partial charge in [0.1, 0.15) is 0 Å². The quantitative estimate of drug-likeness (QED) is 0.934. The van der Waals surface area contributed by atoms with Gasteiger partial charge in [0.15, 0.2) is 0 Å². The molecule has 0 aliphatic carbocycles. The number of piperidine rings is 1. The summed E-state index contributed by atoms with van der Waals surface area (Å²) in [5.74, 6) is -0.875. The molecule has 4 heteroatoms. The monoisotopic (exact) mass is 324 g/mol. The third-order valence-corrected chi connectivity index (χ3v) is 5.09. The number of carboxylic acids is 1. The van der Waals surface area contributed by atoms with E-state index in [1.54, 1.807) is 0 Å². The van der Waals surface area contributed by atoms with Crippen molar-refractivity contribution in [3.63, 3.8) is 0 Å². The summed E-state index contributed by atoms with van der Waals surface area (Å²) >= 11 is 0. The van der Waals surface area contributed by atoms with E-state index in [4.69, 9.17) is 0 Å². The van der Waals surface area contributed by atoms with E-state index in [1.807, 2.05) is 12.4 Å². The molecule has 1 saturated heterocycles. The zero-order valence-electron chi connectivity index (χ0n) is 14.3. The molecule has 1 unspecified atom stereocenters. The predicted molar refractivity (Wildman–Crippen MR) is 93.9 cm³/mol. The van der Waals surface area contributed by atoms with Gasteiger partial charge in [-0.2, -0.15) is 0 Å². The number of likely N-dealkylation sites (tertiary alicyclic amines) is 1. The lowest BCUT2D eigenvalue weighted by Crippen LogP contribution is -2.39. The van der Waals surface area contributed by atoms with E-state index in [0.717, 1.165) is 13.1 Å². The molecule has 1 N–H and O–H groups in total. The Morgan fingerprint density at radius 3 is 2.42 bits per heavy atom. The third-order valence-electron chi connectivity index (χ3n) is 5.09. The number of hydrogen-bond acceptors (Lipinski definition) is 3. The minimum absolute atomic E-state index is 0.156. The Balaban J connectivity index is 1.97. The van der Waals surface area contributed by atoms with E-state index in [2.05, 4.69) is 54.1 Å². The van der Waals surface area contributed by atoms with Crippen molar-refractivity contribution >= 4 is 5.97 Å². The van der Waals surface area contributed by atoms with Gasteiger partial charge in [-0.05, 0) is 68.1 Å². The van der Waals surface area contributed by atoms with E-state index < -0.39 is 5.97 Å². The highest BCUT2D eigenvalue weighted by molar-refractivity contribution is 5.70. The molecular weight excluding hydrogens is 300 g/mol.